The van der Waals surface area contributed by atoms with E-state index in [9.17, 15) is 18.0 Å². The smallest absolute Gasteiger partial charge is 0.261 e. The van der Waals surface area contributed by atoms with Gasteiger partial charge >= 0.3 is 0 Å². The summed E-state index contributed by atoms with van der Waals surface area (Å²) in [6, 6.07) is 20.9. The number of rotatable bonds is 9. The molecular formula is C23H21ClN2O4S. The molecule has 0 bridgehead atoms. The molecule has 6 nitrogen and oxygen atoms in total. The number of sulfonamides is 1. The predicted molar refractivity (Wildman–Crippen MR) is 122 cm³/mol. The number of nitrogens with one attached hydrogen (secondary N) is 2. The Balaban J connectivity index is 1.79. The van der Waals surface area contributed by atoms with Crippen LogP contribution in [0.5, 0.6) is 0 Å². The minimum Gasteiger partial charge on any atom is -0.326 e. The molecule has 31 heavy (non-hydrogen) atoms. The number of carbonyl (C=O) groups excluding carboxylic acids is 2. The van der Waals surface area contributed by atoms with Crippen molar-refractivity contribution in [3.63, 3.8) is 0 Å². The molecule has 3 aromatic carbocycles. The van der Waals surface area contributed by atoms with Crippen LogP contribution >= 0.6 is 11.6 Å². The summed E-state index contributed by atoms with van der Waals surface area (Å²) < 4.78 is 28.2. The van der Waals surface area contributed by atoms with Gasteiger partial charge in [0.1, 0.15) is 0 Å². The number of carbonyl (C=O) groups is 2. The van der Waals surface area contributed by atoms with Crippen LogP contribution in [0.25, 0.3) is 0 Å². The van der Waals surface area contributed by atoms with Gasteiger partial charge < -0.3 is 5.32 Å². The Morgan fingerprint density at radius 3 is 2.16 bits per heavy atom. The third-order valence-corrected chi connectivity index (χ3v) is 6.09. The number of halogens is 1. The molecule has 3 aromatic rings. The zero-order chi connectivity index (χ0) is 22.3. The van der Waals surface area contributed by atoms with Crippen molar-refractivity contribution in [1.82, 2.24) is 0 Å². The highest BCUT2D eigenvalue weighted by Gasteiger charge is 2.19. The number of hydrogen-bond donors (Lipinski definition) is 2. The molecule has 0 aromatic heterocycles. The Hall–Kier alpha value is -3.16. The maximum absolute atomic E-state index is 12.9. The molecule has 3 rings (SSSR count). The first-order valence-electron chi connectivity index (χ1n) is 9.58. The van der Waals surface area contributed by atoms with Crippen LogP contribution in [-0.4, -0.2) is 26.0 Å². The normalized spacial score (nSPS) is 11.0. The van der Waals surface area contributed by atoms with E-state index < -0.39 is 10.0 Å². The Morgan fingerprint density at radius 1 is 0.839 bits per heavy atom. The van der Waals surface area contributed by atoms with Gasteiger partial charge in [-0.3, -0.25) is 14.3 Å². The summed E-state index contributed by atoms with van der Waals surface area (Å²) >= 11 is 5.58. The lowest BCUT2D eigenvalue weighted by Crippen LogP contribution is -2.16. The van der Waals surface area contributed by atoms with E-state index in [2.05, 4.69) is 10.0 Å². The van der Waals surface area contributed by atoms with Crippen LogP contribution in [0, 0.1) is 0 Å². The lowest BCUT2D eigenvalue weighted by atomic mass is 10.0. The fourth-order valence-electron chi connectivity index (χ4n) is 2.89. The molecule has 0 aliphatic carbocycles. The second-order valence-corrected chi connectivity index (χ2v) is 8.77. The molecule has 0 aliphatic heterocycles. The molecule has 0 saturated carbocycles. The van der Waals surface area contributed by atoms with E-state index in [1.54, 1.807) is 54.6 Å². The Kier molecular flexibility index (Phi) is 7.44. The van der Waals surface area contributed by atoms with Gasteiger partial charge in [-0.05, 0) is 42.8 Å². The summed E-state index contributed by atoms with van der Waals surface area (Å²) in [6.07, 6.45) is 0.849. The van der Waals surface area contributed by atoms with Gasteiger partial charge in [-0.25, -0.2) is 8.42 Å². The lowest BCUT2D eigenvalue weighted by molar-refractivity contribution is -0.116. The fraction of sp³-hybridized carbons (Fsp3) is 0.130. The number of amides is 1. The first-order valence-corrected chi connectivity index (χ1v) is 11.6. The van der Waals surface area contributed by atoms with Gasteiger partial charge in [-0.2, -0.15) is 0 Å². The first-order chi connectivity index (χ1) is 14.9. The van der Waals surface area contributed by atoms with Crippen molar-refractivity contribution in [2.24, 2.45) is 0 Å². The average molecular weight is 457 g/mol. The van der Waals surface area contributed by atoms with Crippen LogP contribution in [-0.2, 0) is 14.8 Å². The number of hydrogen-bond acceptors (Lipinski definition) is 4. The predicted octanol–water partition coefficient (Wildman–Crippen LogP) is 4.68. The number of benzene rings is 3. The molecule has 160 valence electrons. The van der Waals surface area contributed by atoms with Crippen LogP contribution in [0.15, 0.2) is 83.8 Å². The van der Waals surface area contributed by atoms with Crippen LogP contribution < -0.4 is 10.0 Å². The van der Waals surface area contributed by atoms with Gasteiger partial charge in [0.15, 0.2) is 5.78 Å². The quantitative estimate of drug-likeness (QED) is 0.361. The number of ketones is 1. The van der Waals surface area contributed by atoms with E-state index in [4.69, 9.17) is 11.6 Å². The van der Waals surface area contributed by atoms with Crippen molar-refractivity contribution in [3.8, 4) is 0 Å². The van der Waals surface area contributed by atoms with Crippen molar-refractivity contribution >= 4 is 44.7 Å². The zero-order valence-electron chi connectivity index (χ0n) is 16.5. The third-order valence-electron chi connectivity index (χ3n) is 4.44. The first kappa shape index (κ1) is 22.5. The zero-order valence-corrected chi connectivity index (χ0v) is 18.1. The van der Waals surface area contributed by atoms with Gasteiger partial charge in [0, 0.05) is 29.1 Å². The van der Waals surface area contributed by atoms with E-state index in [-0.39, 0.29) is 34.3 Å². The molecule has 0 unspecified atom stereocenters. The van der Waals surface area contributed by atoms with Crippen LogP contribution in [0.3, 0.4) is 0 Å². The fourth-order valence-corrected chi connectivity index (χ4v) is 4.10. The van der Waals surface area contributed by atoms with E-state index in [0.717, 1.165) is 0 Å². The van der Waals surface area contributed by atoms with E-state index >= 15 is 0 Å². The molecule has 0 spiro atoms. The van der Waals surface area contributed by atoms with Crippen molar-refractivity contribution < 1.29 is 18.0 Å². The number of anilines is 2. The highest BCUT2D eigenvalue weighted by molar-refractivity contribution is 7.92. The molecule has 8 heteroatoms. The minimum absolute atomic E-state index is 0.00761. The summed E-state index contributed by atoms with van der Waals surface area (Å²) in [6.45, 7) is 0. The highest BCUT2D eigenvalue weighted by atomic mass is 35.5. The van der Waals surface area contributed by atoms with E-state index in [1.165, 1.54) is 24.3 Å². The molecule has 0 radical (unpaired) electrons. The van der Waals surface area contributed by atoms with Crippen LogP contribution in [0.1, 0.15) is 28.8 Å². The summed E-state index contributed by atoms with van der Waals surface area (Å²) in [5, 5.41) is 2.69. The van der Waals surface area contributed by atoms with Crippen LogP contribution in [0.2, 0.25) is 0 Å². The summed E-state index contributed by atoms with van der Waals surface area (Å²) in [5.74, 6) is -0.0820. The van der Waals surface area contributed by atoms with E-state index in [0.29, 0.717) is 23.6 Å². The van der Waals surface area contributed by atoms with Crippen LogP contribution in [0.4, 0.5) is 11.4 Å². The molecule has 1 amide bonds. The second kappa shape index (κ2) is 10.2. The van der Waals surface area contributed by atoms with Gasteiger partial charge in [0.2, 0.25) is 5.91 Å². The molecule has 2 N–H and O–H groups in total. The van der Waals surface area contributed by atoms with Gasteiger partial charge in [0.25, 0.3) is 10.0 Å². The highest BCUT2D eigenvalue weighted by Crippen LogP contribution is 2.23. The van der Waals surface area contributed by atoms with Crippen molar-refractivity contribution in [1.29, 1.82) is 0 Å². The largest absolute Gasteiger partial charge is 0.326 e. The van der Waals surface area contributed by atoms with Gasteiger partial charge in [-0.1, -0.05) is 42.5 Å². The topological polar surface area (TPSA) is 92.3 Å². The summed E-state index contributed by atoms with van der Waals surface area (Å²) in [7, 11) is -3.94. The summed E-state index contributed by atoms with van der Waals surface area (Å²) in [5.41, 5.74) is 1.39. The SMILES string of the molecule is O=C(CCCCl)Nc1ccc(S(=O)(=O)Nc2ccccc2C(=O)c2ccccc2)cc1. The second-order valence-electron chi connectivity index (χ2n) is 6.71. The maximum atomic E-state index is 12.9. The lowest BCUT2D eigenvalue weighted by Gasteiger charge is -2.13. The summed E-state index contributed by atoms with van der Waals surface area (Å²) in [4.78, 5) is 24.6. The standard InChI is InChI=1S/C23H21ClN2O4S/c24-16-6-11-22(27)25-18-12-14-19(15-13-18)31(29,30)26-21-10-5-4-9-20(21)23(28)17-7-2-1-3-8-17/h1-5,7-10,12-15,26H,6,11,16H2,(H,25,27). The Bertz CT molecular complexity index is 1160. The van der Waals surface area contributed by atoms with Crippen molar-refractivity contribution in [2.75, 3.05) is 15.9 Å². The average Bonchev–Trinajstić information content (AvgIpc) is 2.78. The number of para-hydroxylation sites is 1. The van der Waals surface area contributed by atoms with Crippen molar-refractivity contribution in [2.45, 2.75) is 17.7 Å². The Morgan fingerprint density at radius 2 is 1.48 bits per heavy atom. The van der Waals surface area contributed by atoms with Crippen molar-refractivity contribution in [3.05, 3.63) is 90.0 Å². The third kappa shape index (κ3) is 5.93. The minimum atomic E-state index is -3.94. The number of alkyl halides is 1. The molecular weight excluding hydrogens is 436 g/mol. The molecule has 0 fully saturated rings. The Labute approximate surface area is 186 Å². The maximum Gasteiger partial charge on any atom is 0.261 e. The van der Waals surface area contributed by atoms with Gasteiger partial charge in [-0.15, -0.1) is 11.6 Å². The monoisotopic (exact) mass is 456 g/mol. The molecule has 0 saturated heterocycles. The molecule has 0 heterocycles. The molecule has 0 aliphatic rings. The van der Waals surface area contributed by atoms with Gasteiger partial charge in [0.05, 0.1) is 10.6 Å². The van der Waals surface area contributed by atoms with E-state index in [1.807, 2.05) is 0 Å². The molecule has 0 atom stereocenters.